The molecule has 0 aliphatic rings. The van der Waals surface area contributed by atoms with Crippen LogP contribution < -0.4 is 5.32 Å². The summed E-state index contributed by atoms with van der Waals surface area (Å²) in [7, 11) is 1.98. The van der Waals surface area contributed by atoms with Gasteiger partial charge >= 0.3 is 0 Å². The molecule has 19 heavy (non-hydrogen) atoms. The first-order valence-electron chi connectivity index (χ1n) is 7.02. The molecule has 0 aromatic heterocycles. The van der Waals surface area contributed by atoms with Gasteiger partial charge in [-0.3, -0.25) is 0 Å². The van der Waals surface area contributed by atoms with Gasteiger partial charge in [-0.1, -0.05) is 62.4 Å². The molecule has 2 rings (SSSR count). The zero-order chi connectivity index (χ0) is 13.7. The molecule has 0 fully saturated rings. The van der Waals surface area contributed by atoms with Crippen molar-refractivity contribution in [2.45, 2.75) is 26.8 Å². The van der Waals surface area contributed by atoms with Crippen LogP contribution in [0.25, 0.3) is 11.1 Å². The third kappa shape index (κ3) is 3.93. The topological polar surface area (TPSA) is 12.0 Å². The van der Waals surface area contributed by atoms with E-state index in [4.69, 9.17) is 0 Å². The lowest BCUT2D eigenvalue weighted by Gasteiger charge is -2.08. The Morgan fingerprint density at radius 3 is 2.26 bits per heavy atom. The summed E-state index contributed by atoms with van der Waals surface area (Å²) in [5.41, 5.74) is 5.36. The maximum atomic E-state index is 3.17. The van der Waals surface area contributed by atoms with E-state index in [9.17, 15) is 0 Å². The number of nitrogens with one attached hydrogen (secondary N) is 1. The van der Waals surface area contributed by atoms with Gasteiger partial charge < -0.3 is 5.32 Å². The van der Waals surface area contributed by atoms with E-state index in [1.54, 1.807) is 0 Å². The Labute approximate surface area is 116 Å². The zero-order valence-electron chi connectivity index (χ0n) is 12.1. The van der Waals surface area contributed by atoms with Crippen molar-refractivity contribution in [3.8, 4) is 11.1 Å². The zero-order valence-corrected chi connectivity index (χ0v) is 12.1. The summed E-state index contributed by atoms with van der Waals surface area (Å²) in [4.78, 5) is 0. The van der Waals surface area contributed by atoms with Gasteiger partial charge in [-0.25, -0.2) is 0 Å². The molecule has 0 aliphatic carbocycles. The average Bonchev–Trinajstić information content (AvgIpc) is 2.39. The van der Waals surface area contributed by atoms with Crippen LogP contribution >= 0.6 is 0 Å². The van der Waals surface area contributed by atoms with Crippen LogP contribution in [0, 0.1) is 5.92 Å². The second-order valence-electron chi connectivity index (χ2n) is 5.53. The SMILES string of the molecule is CNCc1ccc(-c2cccc(CC(C)C)c2)cc1. The fraction of sp³-hybridized carbons (Fsp3) is 0.333. The van der Waals surface area contributed by atoms with Crippen LogP contribution in [0.5, 0.6) is 0 Å². The molecule has 2 aromatic carbocycles. The first-order chi connectivity index (χ1) is 9.19. The summed E-state index contributed by atoms with van der Waals surface area (Å²) in [5.74, 6) is 0.702. The Morgan fingerprint density at radius 2 is 1.63 bits per heavy atom. The van der Waals surface area contributed by atoms with Crippen molar-refractivity contribution in [1.82, 2.24) is 5.32 Å². The molecule has 100 valence electrons. The fourth-order valence-electron chi connectivity index (χ4n) is 2.37. The van der Waals surface area contributed by atoms with Gasteiger partial charge in [0.2, 0.25) is 0 Å². The Kier molecular flexibility index (Phi) is 4.75. The van der Waals surface area contributed by atoms with Gasteiger partial charge in [0.25, 0.3) is 0 Å². The second kappa shape index (κ2) is 6.53. The first-order valence-corrected chi connectivity index (χ1v) is 7.02. The molecule has 0 radical (unpaired) electrons. The van der Waals surface area contributed by atoms with Gasteiger partial charge in [-0.05, 0) is 41.6 Å². The summed E-state index contributed by atoms with van der Waals surface area (Å²) in [6, 6.07) is 17.7. The minimum absolute atomic E-state index is 0.702. The maximum absolute atomic E-state index is 3.17. The van der Waals surface area contributed by atoms with Crippen molar-refractivity contribution in [2.75, 3.05) is 7.05 Å². The van der Waals surface area contributed by atoms with Crippen molar-refractivity contribution in [3.63, 3.8) is 0 Å². The third-order valence-corrected chi connectivity index (χ3v) is 3.24. The van der Waals surface area contributed by atoms with Crippen LogP contribution in [0.1, 0.15) is 25.0 Å². The number of benzene rings is 2. The van der Waals surface area contributed by atoms with Gasteiger partial charge in [-0.15, -0.1) is 0 Å². The Balaban J connectivity index is 2.21. The number of hydrogen-bond donors (Lipinski definition) is 1. The van der Waals surface area contributed by atoms with E-state index in [-0.39, 0.29) is 0 Å². The van der Waals surface area contributed by atoms with E-state index >= 15 is 0 Å². The highest BCUT2D eigenvalue weighted by Gasteiger charge is 2.02. The Bertz CT molecular complexity index is 511. The molecule has 0 aliphatic heterocycles. The lowest BCUT2D eigenvalue weighted by Crippen LogP contribution is -2.04. The van der Waals surface area contributed by atoms with Crippen LogP contribution in [-0.2, 0) is 13.0 Å². The molecule has 0 saturated carbocycles. The van der Waals surface area contributed by atoms with Crippen molar-refractivity contribution in [2.24, 2.45) is 5.92 Å². The van der Waals surface area contributed by atoms with Crippen LogP contribution in [-0.4, -0.2) is 7.05 Å². The quantitative estimate of drug-likeness (QED) is 0.839. The van der Waals surface area contributed by atoms with Gasteiger partial charge in [0.05, 0.1) is 0 Å². The maximum Gasteiger partial charge on any atom is 0.0202 e. The molecule has 1 heteroatoms. The summed E-state index contributed by atoms with van der Waals surface area (Å²) in [6.07, 6.45) is 1.14. The van der Waals surface area contributed by atoms with Gasteiger partial charge in [0.1, 0.15) is 0 Å². The molecule has 0 bridgehead atoms. The second-order valence-corrected chi connectivity index (χ2v) is 5.53. The van der Waals surface area contributed by atoms with E-state index in [1.165, 1.54) is 22.3 Å². The lowest BCUT2D eigenvalue weighted by atomic mass is 9.97. The highest BCUT2D eigenvalue weighted by atomic mass is 14.8. The van der Waals surface area contributed by atoms with E-state index in [2.05, 4.69) is 67.7 Å². The molecule has 0 unspecified atom stereocenters. The van der Waals surface area contributed by atoms with Gasteiger partial charge in [-0.2, -0.15) is 0 Å². The first kappa shape index (κ1) is 13.8. The van der Waals surface area contributed by atoms with E-state index in [0.29, 0.717) is 5.92 Å². The molecular weight excluding hydrogens is 230 g/mol. The molecule has 1 N–H and O–H groups in total. The standard InChI is InChI=1S/C18H23N/c1-14(2)11-16-5-4-6-18(12-16)17-9-7-15(8-10-17)13-19-3/h4-10,12,14,19H,11,13H2,1-3H3. The minimum Gasteiger partial charge on any atom is -0.316 e. The van der Waals surface area contributed by atoms with E-state index in [1.807, 2.05) is 7.05 Å². The molecule has 2 aromatic rings. The highest BCUT2D eigenvalue weighted by Crippen LogP contribution is 2.22. The van der Waals surface area contributed by atoms with E-state index in [0.717, 1.165) is 13.0 Å². The summed E-state index contributed by atoms with van der Waals surface area (Å²) >= 11 is 0. The van der Waals surface area contributed by atoms with E-state index < -0.39 is 0 Å². The third-order valence-electron chi connectivity index (χ3n) is 3.24. The van der Waals surface area contributed by atoms with Crippen molar-refractivity contribution < 1.29 is 0 Å². The highest BCUT2D eigenvalue weighted by molar-refractivity contribution is 5.64. The number of hydrogen-bond acceptors (Lipinski definition) is 1. The number of rotatable bonds is 5. The molecule has 0 amide bonds. The molecule has 0 atom stereocenters. The van der Waals surface area contributed by atoms with Crippen molar-refractivity contribution in [3.05, 3.63) is 59.7 Å². The van der Waals surface area contributed by atoms with Crippen LogP contribution in [0.15, 0.2) is 48.5 Å². The molecular formula is C18H23N. The lowest BCUT2D eigenvalue weighted by molar-refractivity contribution is 0.647. The molecule has 0 spiro atoms. The van der Waals surface area contributed by atoms with Crippen LogP contribution in [0.2, 0.25) is 0 Å². The average molecular weight is 253 g/mol. The van der Waals surface area contributed by atoms with Gasteiger partial charge in [0, 0.05) is 6.54 Å². The van der Waals surface area contributed by atoms with Crippen LogP contribution in [0.3, 0.4) is 0 Å². The Hall–Kier alpha value is -1.60. The van der Waals surface area contributed by atoms with Crippen molar-refractivity contribution in [1.29, 1.82) is 0 Å². The summed E-state index contributed by atoms with van der Waals surface area (Å²) in [6.45, 7) is 5.45. The predicted molar refractivity (Wildman–Crippen MR) is 83.2 cm³/mol. The summed E-state index contributed by atoms with van der Waals surface area (Å²) < 4.78 is 0. The predicted octanol–water partition coefficient (Wildman–Crippen LogP) is 4.27. The summed E-state index contributed by atoms with van der Waals surface area (Å²) in [5, 5.41) is 3.17. The Morgan fingerprint density at radius 1 is 0.895 bits per heavy atom. The smallest absolute Gasteiger partial charge is 0.0202 e. The molecule has 1 nitrogen and oxygen atoms in total. The largest absolute Gasteiger partial charge is 0.316 e. The van der Waals surface area contributed by atoms with Gasteiger partial charge in [0.15, 0.2) is 0 Å². The molecule has 0 heterocycles. The van der Waals surface area contributed by atoms with Crippen LogP contribution in [0.4, 0.5) is 0 Å². The minimum atomic E-state index is 0.702. The van der Waals surface area contributed by atoms with Crippen molar-refractivity contribution >= 4 is 0 Å². The molecule has 0 saturated heterocycles. The monoisotopic (exact) mass is 253 g/mol. The normalized spacial score (nSPS) is 10.9. The fourth-order valence-corrected chi connectivity index (χ4v) is 2.37.